The second-order valence-corrected chi connectivity index (χ2v) is 10.3. The number of carbonyl (C=O) groups is 3. The number of nitrogens with one attached hydrogen (secondary N) is 2. The van der Waals surface area contributed by atoms with Gasteiger partial charge >= 0.3 is 5.97 Å². The highest BCUT2D eigenvalue weighted by molar-refractivity contribution is 6.40. The Morgan fingerprint density at radius 3 is 1.95 bits per heavy atom. The maximum absolute atomic E-state index is 13.2. The van der Waals surface area contributed by atoms with Gasteiger partial charge in [0.25, 0.3) is 11.8 Å². The maximum atomic E-state index is 13.2. The van der Waals surface area contributed by atoms with Crippen LogP contribution in [0.2, 0.25) is 15.1 Å². The van der Waals surface area contributed by atoms with Crippen LogP contribution in [0, 0.1) is 6.92 Å². The molecule has 220 valence electrons. The highest BCUT2D eigenvalue weighted by atomic mass is 35.5. The molecule has 0 aliphatic heterocycles. The molecule has 0 spiro atoms. The maximum Gasteiger partial charge on any atom is 0.329 e. The molecule has 0 radical (unpaired) electrons. The summed E-state index contributed by atoms with van der Waals surface area (Å²) in [6, 6.07) is 15.9. The molecule has 11 heteroatoms. The van der Waals surface area contributed by atoms with Crippen molar-refractivity contribution >= 4 is 70.7 Å². The van der Waals surface area contributed by atoms with Crippen LogP contribution in [0.25, 0.3) is 0 Å². The number of ether oxygens (including phenoxy) is 1. The van der Waals surface area contributed by atoms with E-state index in [1.807, 2.05) is 13.8 Å². The first-order valence-corrected chi connectivity index (χ1v) is 14.1. The zero-order chi connectivity index (χ0) is 29.2. The van der Waals surface area contributed by atoms with Gasteiger partial charge in [0.2, 0.25) is 0 Å². The van der Waals surface area contributed by atoms with E-state index in [1.54, 1.807) is 67.6 Å². The first-order chi connectivity index (χ1) is 19.1. The Kier molecular flexibility index (Phi) is 13.9. The summed E-state index contributed by atoms with van der Waals surface area (Å²) in [5.74, 6) is -1.45. The van der Waals surface area contributed by atoms with E-state index in [2.05, 4.69) is 15.5 Å². The third kappa shape index (κ3) is 9.62. The van der Waals surface area contributed by atoms with Crippen LogP contribution >= 0.6 is 47.2 Å². The van der Waals surface area contributed by atoms with Gasteiger partial charge in [-0.05, 0) is 61.5 Å². The van der Waals surface area contributed by atoms with Gasteiger partial charge < -0.3 is 20.3 Å². The molecule has 2 N–H and O–H groups in total. The van der Waals surface area contributed by atoms with Crippen molar-refractivity contribution in [2.75, 3.05) is 31.6 Å². The summed E-state index contributed by atoms with van der Waals surface area (Å²) in [5, 5.41) is 6.35. The van der Waals surface area contributed by atoms with Crippen LogP contribution in [0.5, 0.6) is 0 Å². The van der Waals surface area contributed by atoms with Crippen LogP contribution in [0.1, 0.15) is 45.7 Å². The van der Waals surface area contributed by atoms with E-state index >= 15 is 0 Å². The minimum atomic E-state index is -0.956. The van der Waals surface area contributed by atoms with Crippen LogP contribution in [-0.4, -0.2) is 55.0 Å². The fourth-order valence-corrected chi connectivity index (χ4v) is 5.00. The fourth-order valence-electron chi connectivity index (χ4n) is 4.13. The Balaban J connectivity index is 0.00000588. The first kappa shape index (κ1) is 34.4. The molecule has 0 fully saturated rings. The van der Waals surface area contributed by atoms with Gasteiger partial charge in [-0.25, -0.2) is 4.79 Å². The summed E-state index contributed by atoms with van der Waals surface area (Å²) in [6.45, 7) is 8.32. The van der Waals surface area contributed by atoms with Crippen LogP contribution in [-0.2, 0) is 16.0 Å². The van der Waals surface area contributed by atoms with Gasteiger partial charge in [-0.2, -0.15) is 0 Å². The van der Waals surface area contributed by atoms with E-state index < -0.39 is 23.8 Å². The molecule has 0 aliphatic carbocycles. The molecule has 0 heterocycles. The average Bonchev–Trinajstić information content (AvgIpc) is 2.91. The molecule has 3 aromatic carbocycles. The number of rotatable bonds is 12. The molecule has 0 aliphatic rings. The van der Waals surface area contributed by atoms with Gasteiger partial charge in [-0.15, -0.1) is 12.4 Å². The minimum Gasteiger partial charge on any atom is -0.463 e. The fraction of sp³-hybridized carbons (Fsp3) is 0.300. The van der Waals surface area contributed by atoms with Gasteiger partial charge in [0.15, 0.2) is 0 Å². The molecule has 0 bridgehead atoms. The standard InChI is InChI=1S/C30H32Cl3N3O4.ClH/c1-4-36(5-2)16-17-40-30(39)25(35-28(37)26-19(3)8-6-9-22(26)31)18-20-12-14-21(15-13-20)34-29(38)27-23(32)10-7-11-24(27)33;/h6-15,25H,4-5,16-18H2,1-3H3,(H,34,38)(H,35,37);1H/t25-;/m1./s1. The number of anilines is 1. The van der Waals surface area contributed by atoms with Crippen molar-refractivity contribution in [2.45, 2.75) is 33.2 Å². The lowest BCUT2D eigenvalue weighted by Crippen LogP contribution is -2.44. The molecule has 3 rings (SSSR count). The van der Waals surface area contributed by atoms with Crippen LogP contribution in [0.4, 0.5) is 5.69 Å². The molecule has 0 saturated carbocycles. The lowest BCUT2D eigenvalue weighted by molar-refractivity contribution is -0.146. The minimum absolute atomic E-state index is 0. The molecular weight excluding hydrogens is 608 g/mol. The van der Waals surface area contributed by atoms with Crippen LogP contribution in [0.15, 0.2) is 60.7 Å². The zero-order valence-electron chi connectivity index (χ0n) is 23.0. The number of esters is 1. The lowest BCUT2D eigenvalue weighted by Gasteiger charge is -2.21. The van der Waals surface area contributed by atoms with Crippen LogP contribution in [0.3, 0.4) is 0 Å². The summed E-state index contributed by atoms with van der Waals surface area (Å²) >= 11 is 18.6. The van der Waals surface area contributed by atoms with Gasteiger partial charge in [-0.3, -0.25) is 9.59 Å². The Hall–Kier alpha value is -2.81. The summed E-state index contributed by atoms with van der Waals surface area (Å²) in [4.78, 5) is 41.1. The number of aryl methyl sites for hydroxylation is 1. The van der Waals surface area contributed by atoms with Crippen molar-refractivity contribution in [1.82, 2.24) is 10.2 Å². The SMILES string of the molecule is CCN(CC)CCOC(=O)[C@@H](Cc1ccc(NC(=O)c2c(Cl)cccc2Cl)cc1)NC(=O)c1c(C)cccc1Cl.Cl. The third-order valence-corrected chi connectivity index (χ3v) is 7.37. The largest absolute Gasteiger partial charge is 0.463 e. The second kappa shape index (κ2) is 16.6. The monoisotopic (exact) mass is 639 g/mol. The number of hydrogen-bond donors (Lipinski definition) is 2. The second-order valence-electron chi connectivity index (χ2n) is 9.10. The van der Waals surface area contributed by atoms with E-state index in [-0.39, 0.29) is 41.0 Å². The Labute approximate surface area is 261 Å². The van der Waals surface area contributed by atoms with Crippen molar-refractivity contribution in [3.63, 3.8) is 0 Å². The third-order valence-electron chi connectivity index (χ3n) is 6.43. The highest BCUT2D eigenvalue weighted by Crippen LogP contribution is 2.25. The number of benzene rings is 3. The molecule has 3 aromatic rings. The Morgan fingerprint density at radius 1 is 0.829 bits per heavy atom. The number of nitrogens with zero attached hydrogens (tertiary/aromatic N) is 1. The zero-order valence-corrected chi connectivity index (χ0v) is 26.1. The van der Waals surface area contributed by atoms with E-state index in [0.29, 0.717) is 28.4 Å². The van der Waals surface area contributed by atoms with Crippen molar-refractivity contribution in [1.29, 1.82) is 0 Å². The number of hydrogen-bond acceptors (Lipinski definition) is 5. The predicted molar refractivity (Wildman–Crippen MR) is 168 cm³/mol. The smallest absolute Gasteiger partial charge is 0.329 e. The van der Waals surface area contributed by atoms with Crippen molar-refractivity contribution in [2.24, 2.45) is 0 Å². The molecule has 41 heavy (non-hydrogen) atoms. The summed E-state index contributed by atoms with van der Waals surface area (Å²) < 4.78 is 5.55. The quantitative estimate of drug-likeness (QED) is 0.211. The van der Waals surface area contributed by atoms with E-state index in [9.17, 15) is 14.4 Å². The number of amides is 2. The Bertz CT molecular complexity index is 1310. The summed E-state index contributed by atoms with van der Waals surface area (Å²) in [6.07, 6.45) is 0.171. The molecule has 7 nitrogen and oxygen atoms in total. The van der Waals surface area contributed by atoms with E-state index in [0.717, 1.165) is 18.7 Å². The van der Waals surface area contributed by atoms with Gasteiger partial charge in [-0.1, -0.05) is 79.0 Å². The number of likely N-dealkylation sites (N-methyl/N-ethyl adjacent to an activating group) is 1. The van der Waals surface area contributed by atoms with Crippen molar-refractivity contribution in [3.05, 3.63) is 98.0 Å². The van der Waals surface area contributed by atoms with E-state index in [4.69, 9.17) is 39.5 Å². The highest BCUT2D eigenvalue weighted by Gasteiger charge is 2.25. The van der Waals surface area contributed by atoms with Crippen molar-refractivity contribution in [3.8, 4) is 0 Å². The molecule has 0 unspecified atom stereocenters. The van der Waals surface area contributed by atoms with Gasteiger partial charge in [0.05, 0.1) is 26.2 Å². The topological polar surface area (TPSA) is 87.7 Å². The number of halogens is 4. The van der Waals surface area contributed by atoms with Crippen LogP contribution < -0.4 is 10.6 Å². The number of carbonyl (C=O) groups excluding carboxylic acids is 3. The van der Waals surface area contributed by atoms with Gasteiger partial charge in [0.1, 0.15) is 12.6 Å². The normalized spacial score (nSPS) is 11.4. The molecule has 2 amide bonds. The summed E-state index contributed by atoms with van der Waals surface area (Å²) in [5.41, 5.74) is 2.44. The molecule has 0 aromatic heterocycles. The predicted octanol–water partition coefficient (Wildman–Crippen LogP) is 6.86. The Morgan fingerprint density at radius 2 is 1.39 bits per heavy atom. The van der Waals surface area contributed by atoms with Gasteiger partial charge in [0, 0.05) is 18.7 Å². The summed E-state index contributed by atoms with van der Waals surface area (Å²) in [7, 11) is 0. The first-order valence-electron chi connectivity index (χ1n) is 12.9. The average molecular weight is 641 g/mol. The van der Waals surface area contributed by atoms with Crippen molar-refractivity contribution < 1.29 is 19.1 Å². The lowest BCUT2D eigenvalue weighted by atomic mass is 10.0. The molecular formula is C30H33Cl4N3O4. The molecule has 0 saturated heterocycles. The molecule has 1 atom stereocenters. The van der Waals surface area contributed by atoms with E-state index in [1.165, 1.54) is 0 Å².